The molecule has 0 aliphatic heterocycles. The normalized spacial score (nSPS) is 10.4. The molecule has 2 aromatic carbocycles. The van der Waals surface area contributed by atoms with Crippen LogP contribution in [0.3, 0.4) is 0 Å². The number of aryl methyl sites for hydroxylation is 1. The fourth-order valence-electron chi connectivity index (χ4n) is 2.38. The predicted molar refractivity (Wildman–Crippen MR) is 100 cm³/mol. The average molecular weight is 356 g/mol. The van der Waals surface area contributed by atoms with Crippen molar-refractivity contribution in [1.82, 2.24) is 15.2 Å². The van der Waals surface area contributed by atoms with Gasteiger partial charge in [0.2, 0.25) is 5.95 Å². The minimum Gasteiger partial charge on any atom is -0.495 e. The highest BCUT2D eigenvalue weighted by Gasteiger charge is 2.06. The second-order valence-electron chi connectivity index (χ2n) is 5.28. The number of hydrogen-bond acceptors (Lipinski definition) is 6. The van der Waals surface area contributed by atoms with Gasteiger partial charge in [-0.1, -0.05) is 36.7 Å². The molecular formula is C18H18ClN5O. The number of para-hydroxylation sites is 1. The molecule has 0 unspecified atom stereocenters. The monoisotopic (exact) mass is 355 g/mol. The van der Waals surface area contributed by atoms with Crippen molar-refractivity contribution in [2.45, 2.75) is 13.3 Å². The van der Waals surface area contributed by atoms with E-state index in [4.69, 9.17) is 16.3 Å². The molecule has 3 aromatic rings. The summed E-state index contributed by atoms with van der Waals surface area (Å²) >= 11 is 6.14. The fourth-order valence-corrected chi connectivity index (χ4v) is 2.64. The van der Waals surface area contributed by atoms with Crippen molar-refractivity contribution in [2.24, 2.45) is 0 Å². The summed E-state index contributed by atoms with van der Waals surface area (Å²) in [6, 6.07) is 13.4. The van der Waals surface area contributed by atoms with Gasteiger partial charge in [-0.25, -0.2) is 0 Å². The minimum absolute atomic E-state index is 0.422. The zero-order valence-corrected chi connectivity index (χ0v) is 14.7. The van der Waals surface area contributed by atoms with Gasteiger partial charge in [-0.2, -0.15) is 10.1 Å². The number of hydrogen-bond donors (Lipinski definition) is 2. The molecule has 25 heavy (non-hydrogen) atoms. The van der Waals surface area contributed by atoms with Gasteiger partial charge in [0.1, 0.15) is 5.75 Å². The standard InChI is InChI=1S/C18H18ClN5O/c1-3-12-6-4-5-7-15(12)22-18-23-17(11-20-24-18)21-13-8-9-16(25-2)14(19)10-13/h4-11H,3H2,1-2H3,(H2,21,22,23,24). The van der Waals surface area contributed by atoms with Gasteiger partial charge < -0.3 is 15.4 Å². The molecule has 3 rings (SSSR count). The minimum atomic E-state index is 0.422. The first-order valence-corrected chi connectivity index (χ1v) is 8.22. The third-order valence-corrected chi connectivity index (χ3v) is 3.92. The average Bonchev–Trinajstić information content (AvgIpc) is 2.63. The molecule has 1 heterocycles. The molecule has 6 nitrogen and oxygen atoms in total. The van der Waals surface area contributed by atoms with Crippen LogP contribution >= 0.6 is 11.6 Å². The van der Waals surface area contributed by atoms with Crippen LogP contribution in [0.4, 0.5) is 23.1 Å². The topological polar surface area (TPSA) is 72.0 Å². The highest BCUT2D eigenvalue weighted by atomic mass is 35.5. The number of methoxy groups -OCH3 is 1. The Balaban J connectivity index is 1.78. The Morgan fingerprint density at radius 2 is 1.96 bits per heavy atom. The van der Waals surface area contributed by atoms with Crippen molar-refractivity contribution in [3.8, 4) is 5.75 Å². The molecule has 0 saturated heterocycles. The van der Waals surface area contributed by atoms with Gasteiger partial charge in [0.15, 0.2) is 5.82 Å². The Bertz CT molecular complexity index is 872. The molecule has 0 fully saturated rings. The smallest absolute Gasteiger partial charge is 0.249 e. The molecule has 0 radical (unpaired) electrons. The lowest BCUT2D eigenvalue weighted by Crippen LogP contribution is -2.03. The van der Waals surface area contributed by atoms with Crippen molar-refractivity contribution in [3.63, 3.8) is 0 Å². The van der Waals surface area contributed by atoms with Crippen molar-refractivity contribution in [2.75, 3.05) is 17.7 Å². The third kappa shape index (κ3) is 4.16. The maximum atomic E-state index is 6.14. The number of nitrogens with zero attached hydrogens (tertiary/aromatic N) is 3. The van der Waals surface area contributed by atoms with Gasteiger partial charge in [-0.05, 0) is 36.2 Å². The van der Waals surface area contributed by atoms with Crippen LogP contribution in [-0.4, -0.2) is 22.3 Å². The number of ether oxygens (including phenoxy) is 1. The van der Waals surface area contributed by atoms with E-state index in [2.05, 4.69) is 38.8 Å². The van der Waals surface area contributed by atoms with E-state index in [0.29, 0.717) is 22.5 Å². The molecule has 0 amide bonds. The van der Waals surface area contributed by atoms with Crippen LogP contribution in [0.5, 0.6) is 5.75 Å². The second kappa shape index (κ2) is 7.81. The van der Waals surface area contributed by atoms with E-state index in [1.807, 2.05) is 24.3 Å². The molecule has 0 aliphatic carbocycles. The van der Waals surface area contributed by atoms with E-state index in [9.17, 15) is 0 Å². The van der Waals surface area contributed by atoms with Crippen LogP contribution in [0.15, 0.2) is 48.7 Å². The Morgan fingerprint density at radius 3 is 2.72 bits per heavy atom. The van der Waals surface area contributed by atoms with Gasteiger partial charge in [0, 0.05) is 11.4 Å². The summed E-state index contributed by atoms with van der Waals surface area (Å²) in [6.07, 6.45) is 2.47. The van der Waals surface area contributed by atoms with Crippen LogP contribution < -0.4 is 15.4 Å². The van der Waals surface area contributed by atoms with Crippen LogP contribution in [0.25, 0.3) is 0 Å². The lowest BCUT2D eigenvalue weighted by atomic mass is 10.1. The van der Waals surface area contributed by atoms with E-state index < -0.39 is 0 Å². The maximum absolute atomic E-state index is 6.14. The quantitative estimate of drug-likeness (QED) is 0.674. The third-order valence-electron chi connectivity index (χ3n) is 3.63. The summed E-state index contributed by atoms with van der Waals surface area (Å²) in [4.78, 5) is 4.44. The SMILES string of the molecule is CCc1ccccc1Nc1nncc(Nc2ccc(OC)c(Cl)c2)n1. The van der Waals surface area contributed by atoms with E-state index in [1.165, 1.54) is 5.56 Å². The van der Waals surface area contributed by atoms with Crippen LogP contribution in [0, 0.1) is 0 Å². The zero-order valence-electron chi connectivity index (χ0n) is 14.0. The number of benzene rings is 2. The van der Waals surface area contributed by atoms with Crippen molar-refractivity contribution >= 4 is 34.7 Å². The molecule has 1 aromatic heterocycles. The van der Waals surface area contributed by atoms with Gasteiger partial charge in [-0.15, -0.1) is 5.10 Å². The van der Waals surface area contributed by atoms with Gasteiger partial charge >= 0.3 is 0 Å². The maximum Gasteiger partial charge on any atom is 0.249 e. The summed E-state index contributed by atoms with van der Waals surface area (Å²) in [5.74, 6) is 1.60. The Hall–Kier alpha value is -2.86. The Kier molecular flexibility index (Phi) is 5.30. The van der Waals surface area contributed by atoms with E-state index in [1.54, 1.807) is 25.4 Å². The fraction of sp³-hybridized carbons (Fsp3) is 0.167. The molecule has 2 N–H and O–H groups in total. The Labute approximate surface area is 151 Å². The summed E-state index contributed by atoms with van der Waals surface area (Å²) in [5.41, 5.74) is 2.94. The summed E-state index contributed by atoms with van der Waals surface area (Å²) in [6.45, 7) is 2.10. The van der Waals surface area contributed by atoms with Crippen molar-refractivity contribution < 1.29 is 4.74 Å². The first-order chi connectivity index (χ1) is 12.2. The first kappa shape index (κ1) is 17.0. The lowest BCUT2D eigenvalue weighted by Gasteiger charge is -2.11. The van der Waals surface area contributed by atoms with E-state index >= 15 is 0 Å². The molecular weight excluding hydrogens is 338 g/mol. The van der Waals surface area contributed by atoms with E-state index in [-0.39, 0.29) is 0 Å². The van der Waals surface area contributed by atoms with Crippen LogP contribution in [0.2, 0.25) is 5.02 Å². The zero-order chi connectivity index (χ0) is 17.6. The second-order valence-corrected chi connectivity index (χ2v) is 5.68. The Morgan fingerprint density at radius 1 is 1.12 bits per heavy atom. The van der Waals surface area contributed by atoms with Gasteiger partial charge in [-0.3, -0.25) is 0 Å². The molecule has 0 spiro atoms. The summed E-state index contributed by atoms with van der Waals surface area (Å²) in [7, 11) is 1.58. The molecule has 0 bridgehead atoms. The number of halogens is 1. The number of aromatic nitrogens is 3. The molecule has 7 heteroatoms. The largest absolute Gasteiger partial charge is 0.495 e. The number of anilines is 4. The van der Waals surface area contributed by atoms with Crippen LogP contribution in [-0.2, 0) is 6.42 Å². The van der Waals surface area contributed by atoms with Crippen molar-refractivity contribution in [1.29, 1.82) is 0 Å². The number of rotatable bonds is 6. The van der Waals surface area contributed by atoms with E-state index in [0.717, 1.165) is 17.8 Å². The predicted octanol–water partition coefficient (Wildman–Crippen LogP) is 4.58. The lowest BCUT2D eigenvalue weighted by molar-refractivity contribution is 0.415. The highest BCUT2D eigenvalue weighted by molar-refractivity contribution is 6.32. The van der Waals surface area contributed by atoms with Gasteiger partial charge in [0.05, 0.1) is 18.3 Å². The van der Waals surface area contributed by atoms with Crippen molar-refractivity contribution in [3.05, 3.63) is 59.2 Å². The highest BCUT2D eigenvalue weighted by Crippen LogP contribution is 2.28. The van der Waals surface area contributed by atoms with Crippen LogP contribution in [0.1, 0.15) is 12.5 Å². The molecule has 0 aliphatic rings. The molecule has 0 saturated carbocycles. The molecule has 0 atom stereocenters. The number of nitrogens with one attached hydrogen (secondary N) is 2. The van der Waals surface area contributed by atoms with Gasteiger partial charge in [0.25, 0.3) is 0 Å². The first-order valence-electron chi connectivity index (χ1n) is 7.85. The summed E-state index contributed by atoms with van der Waals surface area (Å²) in [5, 5.41) is 14.9. The molecule has 128 valence electrons. The summed E-state index contributed by atoms with van der Waals surface area (Å²) < 4.78 is 5.15.